The van der Waals surface area contributed by atoms with E-state index in [1.54, 1.807) is 109 Å². The molecule has 0 saturated heterocycles. The number of rotatable bonds is 12. The topological polar surface area (TPSA) is 155 Å². The van der Waals surface area contributed by atoms with Crippen molar-refractivity contribution in [3.05, 3.63) is 161 Å². The number of ether oxygens (including phenoxy) is 3. The van der Waals surface area contributed by atoms with Gasteiger partial charge >= 0.3 is 18.0 Å². The summed E-state index contributed by atoms with van der Waals surface area (Å²) in [6.07, 6.45) is 17.4. The molecule has 3 aliphatic rings. The molecule has 0 bridgehead atoms. The third-order valence-corrected chi connectivity index (χ3v) is 8.81. The summed E-state index contributed by atoms with van der Waals surface area (Å²) in [6.45, 7) is 0. The molecular weight excluding hydrogens is 791 g/mol. The Morgan fingerprint density at radius 3 is 0.895 bits per heavy atom. The third kappa shape index (κ3) is 10.8. The van der Waals surface area contributed by atoms with Crippen molar-refractivity contribution in [2.24, 2.45) is 15.0 Å². The average molecular weight is 818 g/mol. The van der Waals surface area contributed by atoms with Crippen LogP contribution in [-0.4, -0.2) is 47.8 Å². The first-order valence-corrected chi connectivity index (χ1v) is 18.3. The molecule has 282 valence electrons. The maximum absolute atomic E-state index is 11.4. The second kappa shape index (κ2) is 17.9. The first-order chi connectivity index (χ1) is 27.6. The Balaban J connectivity index is 1.06. The number of nitrogens with zero attached hydrogens (tertiary/aromatic N) is 6. The van der Waals surface area contributed by atoms with Gasteiger partial charge in [-0.25, -0.2) is 0 Å². The number of allylic oxidation sites excluding steroid dienone is 9. The Morgan fingerprint density at radius 2 is 0.684 bits per heavy atom. The minimum atomic E-state index is -0.535. The van der Waals surface area contributed by atoms with Gasteiger partial charge in [0.05, 0.1) is 17.1 Å². The predicted molar refractivity (Wildman–Crippen MR) is 218 cm³/mol. The van der Waals surface area contributed by atoms with Crippen molar-refractivity contribution < 1.29 is 28.6 Å². The molecule has 0 aliphatic heterocycles. The van der Waals surface area contributed by atoms with Gasteiger partial charge in [0.25, 0.3) is 15.7 Å². The number of aliphatic imine (C=N–C) groups is 3. The lowest BCUT2D eigenvalue weighted by Gasteiger charge is -2.14. The van der Waals surface area contributed by atoms with Crippen molar-refractivity contribution in [1.82, 2.24) is 15.0 Å². The summed E-state index contributed by atoms with van der Waals surface area (Å²) in [4.78, 5) is 61.2. The van der Waals surface area contributed by atoms with Crippen LogP contribution in [0.2, 0.25) is 0 Å². The van der Waals surface area contributed by atoms with Crippen LogP contribution in [0.15, 0.2) is 160 Å². The number of benzene rings is 3. The molecule has 0 radical (unpaired) electrons. The van der Waals surface area contributed by atoms with E-state index in [1.807, 2.05) is 18.2 Å². The minimum absolute atomic E-state index is 0.0735. The normalized spacial score (nSPS) is 16.9. The SMILES string of the molecule is O=C(Cl)c1ccc(N=C2C=CC(Oc3nc(OC4=CCC(=Nc5ccc(C(=O)Cl)cc5)C=C4)nc(OC4=CCC(=Nc5ccc(C(=O)Cl)cc5)C=C4)n3)=CC2)cc1. The summed E-state index contributed by atoms with van der Waals surface area (Å²) < 4.78 is 18.1. The van der Waals surface area contributed by atoms with E-state index in [0.717, 1.165) is 17.1 Å². The molecule has 1 aromatic heterocycles. The summed E-state index contributed by atoms with van der Waals surface area (Å²) in [5, 5.41) is -1.61. The van der Waals surface area contributed by atoms with E-state index >= 15 is 0 Å². The molecule has 0 spiro atoms. The van der Waals surface area contributed by atoms with E-state index in [-0.39, 0.29) is 18.0 Å². The van der Waals surface area contributed by atoms with E-state index in [9.17, 15) is 14.4 Å². The molecule has 1 heterocycles. The smallest absolute Gasteiger partial charge is 0.331 e. The molecule has 0 unspecified atom stereocenters. The standard InChI is InChI=1S/C42H27Cl3N6O6/c43-37(52)25-1-7-28(8-2-25)46-31-13-19-34(20-14-31)55-40-49-41(56-35-21-15-32(16-22-35)47-29-9-3-26(4-10-29)38(44)53)51-42(50-40)57-36-23-17-33(18-24-36)48-30-11-5-27(6-12-30)39(45)54/h1-13,15,17,19-24H,14,16,18H2. The number of carbonyl (C=O) groups is 3. The van der Waals surface area contributed by atoms with Gasteiger partial charge in [0, 0.05) is 53.1 Å². The Morgan fingerprint density at radius 1 is 0.421 bits per heavy atom. The molecule has 57 heavy (non-hydrogen) atoms. The summed E-state index contributed by atoms with van der Waals surface area (Å²) in [7, 11) is 0. The number of aromatic nitrogens is 3. The quantitative estimate of drug-likeness (QED) is 0.127. The zero-order valence-electron chi connectivity index (χ0n) is 29.5. The van der Waals surface area contributed by atoms with Gasteiger partial charge in [-0.1, -0.05) is 0 Å². The fourth-order valence-corrected chi connectivity index (χ4v) is 5.68. The zero-order chi connectivity index (χ0) is 39.7. The van der Waals surface area contributed by atoms with Crippen molar-refractivity contribution >= 4 is 84.7 Å². The van der Waals surface area contributed by atoms with Crippen LogP contribution < -0.4 is 14.2 Å². The van der Waals surface area contributed by atoms with Crippen molar-refractivity contribution in [1.29, 1.82) is 0 Å². The molecule has 4 aromatic rings. The van der Waals surface area contributed by atoms with E-state index < -0.39 is 15.7 Å². The molecule has 0 atom stereocenters. The van der Waals surface area contributed by atoms with Crippen LogP contribution in [-0.2, 0) is 0 Å². The molecule has 0 fully saturated rings. The predicted octanol–water partition coefficient (Wildman–Crippen LogP) is 9.99. The highest BCUT2D eigenvalue weighted by atomic mass is 35.5. The largest absolute Gasteiger partial charge is 0.424 e. The van der Waals surface area contributed by atoms with Crippen LogP contribution in [0.1, 0.15) is 50.3 Å². The Hall–Kier alpha value is -6.60. The van der Waals surface area contributed by atoms with Gasteiger partial charge in [-0.05, 0) is 162 Å². The van der Waals surface area contributed by atoms with Crippen molar-refractivity contribution in [2.75, 3.05) is 0 Å². The second-order valence-corrected chi connectivity index (χ2v) is 13.2. The maximum Gasteiger partial charge on any atom is 0.331 e. The molecule has 15 heteroatoms. The molecular formula is C42H27Cl3N6O6. The fraction of sp³-hybridized carbons (Fsp3) is 0.0714. The van der Waals surface area contributed by atoms with Crippen molar-refractivity contribution in [2.45, 2.75) is 19.3 Å². The molecule has 12 nitrogen and oxygen atoms in total. The average Bonchev–Trinajstić information content (AvgIpc) is 3.21. The van der Waals surface area contributed by atoms with Gasteiger partial charge in [-0.15, -0.1) is 15.0 Å². The van der Waals surface area contributed by atoms with Gasteiger partial charge < -0.3 is 14.2 Å². The van der Waals surface area contributed by atoms with Gasteiger partial charge in [-0.2, -0.15) is 0 Å². The van der Waals surface area contributed by atoms with E-state index in [0.29, 0.717) is 70.3 Å². The van der Waals surface area contributed by atoms with Crippen LogP contribution >= 0.6 is 34.8 Å². The molecule has 0 amide bonds. The second-order valence-electron chi connectivity index (χ2n) is 12.2. The lowest BCUT2D eigenvalue weighted by atomic mass is 10.1. The van der Waals surface area contributed by atoms with Gasteiger partial charge in [0.15, 0.2) is 0 Å². The van der Waals surface area contributed by atoms with E-state index in [4.69, 9.17) is 49.0 Å². The highest BCUT2D eigenvalue weighted by molar-refractivity contribution is 6.68. The molecule has 3 aromatic carbocycles. The number of hydrogen-bond donors (Lipinski definition) is 0. The summed E-state index contributed by atoms with van der Waals surface area (Å²) >= 11 is 16.7. The van der Waals surface area contributed by atoms with Crippen molar-refractivity contribution in [3.8, 4) is 18.0 Å². The summed E-state index contributed by atoms with van der Waals surface area (Å²) in [6, 6.07) is 19.8. The lowest BCUT2D eigenvalue weighted by Crippen LogP contribution is -2.10. The van der Waals surface area contributed by atoms with Crippen LogP contribution in [0, 0.1) is 0 Å². The maximum atomic E-state index is 11.4. The number of hydrogen-bond acceptors (Lipinski definition) is 12. The number of halogens is 3. The highest BCUT2D eigenvalue weighted by Gasteiger charge is 2.17. The molecule has 3 aliphatic carbocycles. The molecule has 7 rings (SSSR count). The Labute approximate surface area is 340 Å². The van der Waals surface area contributed by atoms with Crippen LogP contribution in [0.4, 0.5) is 17.1 Å². The van der Waals surface area contributed by atoms with E-state index in [2.05, 4.69) is 29.9 Å². The first-order valence-electron chi connectivity index (χ1n) is 17.2. The van der Waals surface area contributed by atoms with Gasteiger partial charge in [0.2, 0.25) is 0 Å². The third-order valence-electron chi connectivity index (χ3n) is 8.16. The van der Waals surface area contributed by atoms with Crippen molar-refractivity contribution in [3.63, 3.8) is 0 Å². The van der Waals surface area contributed by atoms with Gasteiger partial charge in [0.1, 0.15) is 17.3 Å². The zero-order valence-corrected chi connectivity index (χ0v) is 31.8. The molecule has 0 saturated carbocycles. The van der Waals surface area contributed by atoms with E-state index in [1.165, 1.54) is 0 Å². The van der Waals surface area contributed by atoms with Crippen LogP contribution in [0.5, 0.6) is 18.0 Å². The Kier molecular flexibility index (Phi) is 12.1. The van der Waals surface area contributed by atoms with Crippen LogP contribution in [0.25, 0.3) is 0 Å². The number of carbonyl (C=O) groups excluding carboxylic acids is 3. The lowest BCUT2D eigenvalue weighted by molar-refractivity contribution is 0.107. The van der Waals surface area contributed by atoms with Crippen LogP contribution in [0.3, 0.4) is 0 Å². The van der Waals surface area contributed by atoms with Gasteiger partial charge in [-0.3, -0.25) is 29.4 Å². The summed E-state index contributed by atoms with van der Waals surface area (Å²) in [5.41, 5.74) is 5.45. The Bertz CT molecular complexity index is 2240. The first kappa shape index (κ1) is 38.7. The minimum Gasteiger partial charge on any atom is -0.424 e. The highest BCUT2D eigenvalue weighted by Crippen LogP contribution is 2.26. The summed E-state index contributed by atoms with van der Waals surface area (Å²) in [5.74, 6) is 1.38. The monoisotopic (exact) mass is 816 g/mol. The fourth-order valence-electron chi connectivity index (χ4n) is 5.31. The molecule has 0 N–H and O–H groups in total.